The van der Waals surface area contributed by atoms with E-state index in [0.717, 1.165) is 11.4 Å². The number of ether oxygens (including phenoxy) is 2. The summed E-state index contributed by atoms with van der Waals surface area (Å²) < 4.78 is 10.8. The van der Waals surface area contributed by atoms with Gasteiger partial charge in [-0.2, -0.15) is 0 Å². The van der Waals surface area contributed by atoms with Crippen molar-refractivity contribution in [3.05, 3.63) is 87.4 Å². The Balaban J connectivity index is 2.37. The van der Waals surface area contributed by atoms with Gasteiger partial charge < -0.3 is 14.4 Å². The van der Waals surface area contributed by atoms with Gasteiger partial charge in [-0.25, -0.2) is 9.59 Å². The maximum Gasteiger partial charge on any atom is 0.340 e. The summed E-state index contributed by atoms with van der Waals surface area (Å²) in [5.74, 6) is -1.11. The molecular weight excluding hydrogens is 518 g/mol. The van der Waals surface area contributed by atoms with Crippen molar-refractivity contribution in [1.82, 2.24) is 0 Å². The molecule has 0 N–H and O–H groups in total. The maximum atomic E-state index is 13.0. The largest absolute Gasteiger partial charge is 0.465 e. The molecule has 3 aromatic carbocycles. The van der Waals surface area contributed by atoms with Gasteiger partial charge in [0.05, 0.1) is 31.0 Å². The van der Waals surface area contributed by atoms with Gasteiger partial charge in [-0.05, 0) is 58.4 Å². The van der Waals surface area contributed by atoms with Crippen LogP contribution in [0.25, 0.3) is 0 Å². The second kappa shape index (κ2) is 10.5. The lowest BCUT2D eigenvalue weighted by Gasteiger charge is -2.30. The molecule has 0 saturated heterocycles. The molecule has 3 aromatic rings. The number of anilines is 3. The van der Waals surface area contributed by atoms with E-state index in [1.165, 1.54) is 25.3 Å². The Kier molecular flexibility index (Phi) is 7.99. The molecular formula is C30H34BrNO4. The number of halogens is 1. The molecule has 5 nitrogen and oxygen atoms in total. The first-order valence-corrected chi connectivity index (χ1v) is 12.6. The molecule has 0 aliphatic rings. The van der Waals surface area contributed by atoms with Crippen molar-refractivity contribution in [2.24, 2.45) is 0 Å². The number of esters is 2. The van der Waals surface area contributed by atoms with Gasteiger partial charge in [-0.3, -0.25) is 0 Å². The van der Waals surface area contributed by atoms with Crippen LogP contribution in [0.4, 0.5) is 17.1 Å². The maximum absolute atomic E-state index is 13.0. The van der Waals surface area contributed by atoms with Crippen LogP contribution in [-0.2, 0) is 20.3 Å². The van der Waals surface area contributed by atoms with Crippen molar-refractivity contribution < 1.29 is 19.1 Å². The van der Waals surface area contributed by atoms with Crippen LogP contribution in [0.5, 0.6) is 0 Å². The smallest absolute Gasteiger partial charge is 0.340 e. The highest BCUT2D eigenvalue weighted by molar-refractivity contribution is 9.10. The zero-order valence-corrected chi connectivity index (χ0v) is 23.8. The minimum Gasteiger partial charge on any atom is -0.465 e. The highest BCUT2D eigenvalue weighted by Gasteiger charge is 2.29. The number of hydrogen-bond donors (Lipinski definition) is 0. The Hall–Kier alpha value is -3.12. The molecule has 190 valence electrons. The van der Waals surface area contributed by atoms with Gasteiger partial charge in [0.1, 0.15) is 0 Å². The fraction of sp³-hybridized carbons (Fsp3) is 0.333. The molecule has 0 saturated carbocycles. The van der Waals surface area contributed by atoms with Crippen LogP contribution in [0.3, 0.4) is 0 Å². The van der Waals surface area contributed by atoms with Crippen LogP contribution in [0.1, 0.15) is 73.4 Å². The quantitative estimate of drug-likeness (QED) is 0.300. The monoisotopic (exact) mass is 551 g/mol. The highest BCUT2D eigenvalue weighted by Crippen LogP contribution is 2.42. The first kappa shape index (κ1) is 27.5. The number of benzene rings is 3. The van der Waals surface area contributed by atoms with Crippen molar-refractivity contribution in [3.63, 3.8) is 0 Å². The molecule has 0 fully saturated rings. The Morgan fingerprint density at radius 3 is 1.28 bits per heavy atom. The molecule has 0 amide bonds. The van der Waals surface area contributed by atoms with Gasteiger partial charge in [-0.15, -0.1) is 0 Å². The number of nitrogens with zero attached hydrogens (tertiary/aromatic N) is 1. The topological polar surface area (TPSA) is 55.8 Å². The Morgan fingerprint density at radius 1 is 0.667 bits per heavy atom. The molecule has 3 rings (SSSR count). The van der Waals surface area contributed by atoms with E-state index in [9.17, 15) is 9.59 Å². The zero-order valence-electron chi connectivity index (χ0n) is 22.2. The van der Waals surface area contributed by atoms with Gasteiger partial charge in [0, 0.05) is 15.8 Å². The van der Waals surface area contributed by atoms with Gasteiger partial charge >= 0.3 is 11.9 Å². The summed E-state index contributed by atoms with van der Waals surface area (Å²) in [7, 11) is 2.65. The first-order valence-electron chi connectivity index (χ1n) is 11.8. The van der Waals surface area contributed by atoms with Crippen molar-refractivity contribution in [2.75, 3.05) is 19.1 Å². The molecule has 0 spiro atoms. The summed E-state index contributed by atoms with van der Waals surface area (Å²) in [6.07, 6.45) is 0. The lowest BCUT2D eigenvalue weighted by Crippen LogP contribution is -2.20. The summed E-state index contributed by atoms with van der Waals surface area (Å²) in [5, 5.41) is 0. The molecule has 36 heavy (non-hydrogen) atoms. The zero-order chi connectivity index (χ0) is 26.8. The molecule has 0 radical (unpaired) electrons. The lowest BCUT2D eigenvalue weighted by molar-refractivity contribution is 0.0601. The first-order chi connectivity index (χ1) is 16.8. The summed E-state index contributed by atoms with van der Waals surface area (Å²) in [5.41, 5.74) is 4.77. The third kappa shape index (κ3) is 5.81. The van der Waals surface area contributed by atoms with Crippen molar-refractivity contribution in [2.45, 2.75) is 52.4 Å². The third-order valence-electron chi connectivity index (χ3n) is 6.09. The van der Waals surface area contributed by atoms with Crippen LogP contribution in [0.15, 0.2) is 65.1 Å². The van der Waals surface area contributed by atoms with Crippen LogP contribution >= 0.6 is 15.9 Å². The van der Waals surface area contributed by atoms with E-state index in [1.54, 1.807) is 12.1 Å². The van der Waals surface area contributed by atoms with Gasteiger partial charge in [-0.1, -0.05) is 81.7 Å². The van der Waals surface area contributed by atoms with Gasteiger partial charge in [0.15, 0.2) is 0 Å². The number of carbonyl (C=O) groups excluding carboxylic acids is 2. The fourth-order valence-corrected chi connectivity index (χ4v) is 4.46. The lowest BCUT2D eigenvalue weighted by atomic mass is 9.86. The average Bonchev–Trinajstić information content (AvgIpc) is 2.83. The number of methoxy groups -OCH3 is 2. The van der Waals surface area contributed by atoms with Gasteiger partial charge in [0.25, 0.3) is 0 Å². The Morgan fingerprint density at radius 2 is 1.00 bits per heavy atom. The van der Waals surface area contributed by atoms with E-state index >= 15 is 0 Å². The molecule has 0 aliphatic heterocycles. The Bertz CT molecular complexity index is 1160. The molecule has 0 aromatic heterocycles. The summed E-state index contributed by atoms with van der Waals surface area (Å²) >= 11 is 3.43. The predicted molar refractivity (Wildman–Crippen MR) is 149 cm³/mol. The van der Waals surface area contributed by atoms with Crippen molar-refractivity contribution >= 4 is 44.9 Å². The fourth-order valence-electron chi connectivity index (χ4n) is 4.00. The second-order valence-corrected chi connectivity index (χ2v) is 11.7. The molecule has 0 bridgehead atoms. The van der Waals surface area contributed by atoms with E-state index in [1.807, 2.05) is 29.2 Å². The summed E-state index contributed by atoms with van der Waals surface area (Å²) in [4.78, 5) is 27.8. The van der Waals surface area contributed by atoms with Gasteiger partial charge in [0.2, 0.25) is 0 Å². The van der Waals surface area contributed by atoms with E-state index in [-0.39, 0.29) is 22.0 Å². The van der Waals surface area contributed by atoms with Crippen LogP contribution < -0.4 is 4.90 Å². The molecule has 6 heteroatoms. The molecule has 0 atom stereocenters. The van der Waals surface area contributed by atoms with Crippen LogP contribution in [0, 0.1) is 0 Å². The standard InChI is InChI=1S/C30H34BrNO4/c1-29(2,3)19-9-13-22(14-10-19)32(23-15-11-20(12-16-23)30(4,5)6)26-24(27(33)35-7)17-21(31)18-25(26)28(34)36-8/h9-18H,1-8H3. The molecule has 0 unspecified atom stereocenters. The van der Waals surface area contributed by atoms with E-state index in [4.69, 9.17) is 9.47 Å². The number of carbonyl (C=O) groups is 2. The Labute approximate surface area is 222 Å². The van der Waals surface area contributed by atoms with E-state index in [0.29, 0.717) is 10.2 Å². The minimum absolute atomic E-state index is 0.0241. The van der Waals surface area contributed by atoms with Crippen molar-refractivity contribution in [3.8, 4) is 0 Å². The third-order valence-corrected chi connectivity index (χ3v) is 6.55. The minimum atomic E-state index is -0.556. The SMILES string of the molecule is COC(=O)c1cc(Br)cc(C(=O)OC)c1N(c1ccc(C(C)(C)C)cc1)c1ccc(C(C)(C)C)cc1. The summed E-state index contributed by atoms with van der Waals surface area (Å²) in [6, 6.07) is 19.6. The van der Waals surface area contributed by atoms with Crippen molar-refractivity contribution in [1.29, 1.82) is 0 Å². The number of hydrogen-bond acceptors (Lipinski definition) is 5. The molecule has 0 heterocycles. The average molecular weight is 553 g/mol. The molecule has 0 aliphatic carbocycles. The number of rotatable bonds is 5. The van der Waals surface area contributed by atoms with Crippen LogP contribution in [0.2, 0.25) is 0 Å². The predicted octanol–water partition coefficient (Wildman–Crippen LogP) is 8.09. The van der Waals surface area contributed by atoms with Crippen LogP contribution in [-0.4, -0.2) is 26.2 Å². The normalized spacial score (nSPS) is 11.7. The van der Waals surface area contributed by atoms with E-state index in [2.05, 4.69) is 81.7 Å². The summed E-state index contributed by atoms with van der Waals surface area (Å²) in [6.45, 7) is 12.9. The highest BCUT2D eigenvalue weighted by atomic mass is 79.9. The second-order valence-electron chi connectivity index (χ2n) is 10.8. The van der Waals surface area contributed by atoms with E-state index < -0.39 is 11.9 Å².